The molecule has 1 heterocycles. The van der Waals surface area contributed by atoms with E-state index in [9.17, 15) is 36.3 Å². The molecule has 0 aliphatic heterocycles. The number of allylic oxidation sites excluding steroid dienone is 3. The molecule has 0 saturated carbocycles. The molecule has 1 atom stereocenters. The molecule has 2 amide bonds. The van der Waals surface area contributed by atoms with E-state index in [0.717, 1.165) is 23.5 Å². The van der Waals surface area contributed by atoms with Gasteiger partial charge in [-0.2, -0.15) is 13.2 Å². The van der Waals surface area contributed by atoms with Gasteiger partial charge >= 0.3 is 6.18 Å². The van der Waals surface area contributed by atoms with Crippen LogP contribution in [0.2, 0.25) is 0 Å². The number of aliphatic hydroxyl groups excluding tert-OH is 1. The minimum absolute atomic E-state index is 0.00514. The molecule has 13 heteroatoms. The van der Waals surface area contributed by atoms with E-state index in [1.807, 2.05) is 0 Å². The van der Waals surface area contributed by atoms with Gasteiger partial charge in [0.2, 0.25) is 5.91 Å². The van der Waals surface area contributed by atoms with Gasteiger partial charge in [-0.3, -0.25) is 9.59 Å². The highest BCUT2D eigenvalue weighted by molar-refractivity contribution is 7.92. The molecule has 0 bridgehead atoms. The zero-order valence-corrected chi connectivity index (χ0v) is 24.2. The molecule has 0 saturated heterocycles. The Bertz CT molecular complexity index is 1660. The summed E-state index contributed by atoms with van der Waals surface area (Å²) in [6, 6.07) is 10.5. The molecule has 1 aliphatic carbocycles. The molecule has 222 valence electrons. The quantitative estimate of drug-likeness (QED) is 0.310. The Kier molecular flexibility index (Phi) is 9.04. The summed E-state index contributed by atoms with van der Waals surface area (Å²) in [6.07, 6.45) is 0.757. The molecule has 3 N–H and O–H groups in total. The Hall–Kier alpha value is -3.81. The average molecular weight is 620 g/mol. The van der Waals surface area contributed by atoms with Crippen molar-refractivity contribution in [1.82, 2.24) is 10.3 Å². The zero-order valence-electron chi connectivity index (χ0n) is 22.6. The number of carbonyl (C=O) groups excluding carboxylic acids is 2. The van der Waals surface area contributed by atoms with Crippen LogP contribution in [0.5, 0.6) is 0 Å². The number of halogens is 3. The van der Waals surface area contributed by atoms with Gasteiger partial charge in [-0.1, -0.05) is 36.4 Å². The van der Waals surface area contributed by atoms with Gasteiger partial charge in [0.25, 0.3) is 5.91 Å². The second kappa shape index (κ2) is 12.2. The van der Waals surface area contributed by atoms with Gasteiger partial charge in [-0.15, -0.1) is 11.3 Å². The molecule has 1 aromatic heterocycles. The second-order valence-electron chi connectivity index (χ2n) is 10.0. The zero-order chi connectivity index (χ0) is 30.7. The van der Waals surface area contributed by atoms with Crippen molar-refractivity contribution in [2.45, 2.75) is 42.0 Å². The molecule has 4 rings (SSSR count). The second-order valence-corrected chi connectivity index (χ2v) is 13.4. The highest BCUT2D eigenvalue weighted by Crippen LogP contribution is 2.41. The number of nitrogens with zero attached hydrogens (tertiary/aromatic N) is 1. The Balaban J connectivity index is 1.41. The Morgan fingerprint density at radius 1 is 1.14 bits per heavy atom. The van der Waals surface area contributed by atoms with Crippen LogP contribution in [-0.2, 0) is 26.2 Å². The number of nitrogens with one attached hydrogen (secondary N) is 2. The minimum Gasteiger partial charge on any atom is -0.395 e. The van der Waals surface area contributed by atoms with Crippen molar-refractivity contribution in [3.8, 4) is 0 Å². The number of alkyl halides is 3. The number of rotatable bonds is 9. The fourth-order valence-corrected chi connectivity index (χ4v) is 6.28. The largest absolute Gasteiger partial charge is 0.416 e. The standard InChI is InChI=1S/C29H28F3N3O5S2/c1-18(2)42(39,40)23-10-4-7-20(13-23)26(38)33-15-25(37)35-27-34-24(16-41-27)28(17-36)11-5-8-21(14-28)19-6-3-9-22(12-19)29(30,31)32/h3-13,16,18,36H,14-15,17H2,1-2H3,(H,33,38)(H,34,35,37). The van der Waals surface area contributed by atoms with Crippen molar-refractivity contribution in [3.05, 3.63) is 94.5 Å². The maximum atomic E-state index is 13.2. The molecular formula is C29H28F3N3O5S2. The van der Waals surface area contributed by atoms with Crippen LogP contribution in [0.25, 0.3) is 5.57 Å². The highest BCUT2D eigenvalue weighted by Gasteiger charge is 2.36. The van der Waals surface area contributed by atoms with Crippen molar-refractivity contribution < 1.29 is 36.3 Å². The molecule has 1 aliphatic rings. The average Bonchev–Trinajstić information content (AvgIpc) is 3.44. The summed E-state index contributed by atoms with van der Waals surface area (Å²) in [5.41, 5.74) is -0.328. The molecule has 0 radical (unpaired) electrons. The molecule has 3 aromatic rings. The van der Waals surface area contributed by atoms with Crippen LogP contribution in [0, 0.1) is 0 Å². The predicted octanol–water partition coefficient (Wildman–Crippen LogP) is 4.99. The van der Waals surface area contributed by atoms with Crippen LogP contribution in [-0.4, -0.2) is 48.7 Å². The summed E-state index contributed by atoms with van der Waals surface area (Å²) in [5, 5.41) is 16.5. The fourth-order valence-electron chi connectivity index (χ4n) is 4.34. The van der Waals surface area contributed by atoms with Gasteiger partial charge < -0.3 is 15.7 Å². The first-order valence-electron chi connectivity index (χ1n) is 12.8. The van der Waals surface area contributed by atoms with Crippen molar-refractivity contribution in [2.24, 2.45) is 0 Å². The normalized spacial score (nSPS) is 17.2. The molecule has 2 aromatic carbocycles. The predicted molar refractivity (Wildman–Crippen MR) is 154 cm³/mol. The van der Waals surface area contributed by atoms with Gasteiger partial charge in [0.15, 0.2) is 15.0 Å². The van der Waals surface area contributed by atoms with Crippen molar-refractivity contribution in [3.63, 3.8) is 0 Å². The lowest BCUT2D eigenvalue weighted by Crippen LogP contribution is -2.33. The molecule has 0 spiro atoms. The number of anilines is 1. The number of sulfone groups is 1. The third-order valence-corrected chi connectivity index (χ3v) is 9.69. The highest BCUT2D eigenvalue weighted by atomic mass is 32.2. The van der Waals surface area contributed by atoms with Crippen LogP contribution in [0.4, 0.5) is 18.3 Å². The van der Waals surface area contributed by atoms with Crippen molar-refractivity contribution in [2.75, 3.05) is 18.5 Å². The van der Waals surface area contributed by atoms with Crippen molar-refractivity contribution in [1.29, 1.82) is 0 Å². The summed E-state index contributed by atoms with van der Waals surface area (Å²) >= 11 is 1.09. The SMILES string of the molecule is CC(C)S(=O)(=O)c1cccc(C(=O)NCC(=O)Nc2nc(C3(CO)C=CC=C(c4cccc(C(F)(F)F)c4)C3)cs2)c1. The lowest BCUT2D eigenvalue weighted by molar-refractivity contribution is -0.137. The summed E-state index contributed by atoms with van der Waals surface area (Å²) in [7, 11) is -3.58. The number of carbonyl (C=O) groups is 2. The molecule has 42 heavy (non-hydrogen) atoms. The number of benzene rings is 2. The van der Waals surface area contributed by atoms with E-state index in [1.54, 1.807) is 29.7 Å². The minimum atomic E-state index is -4.49. The monoisotopic (exact) mass is 619 g/mol. The van der Waals surface area contributed by atoms with Gasteiger partial charge in [0.05, 0.1) is 40.0 Å². The van der Waals surface area contributed by atoms with Crippen molar-refractivity contribution >= 4 is 43.7 Å². The number of amides is 2. The first-order chi connectivity index (χ1) is 19.7. The van der Waals surface area contributed by atoms with Gasteiger partial charge in [0.1, 0.15) is 0 Å². The fraction of sp³-hybridized carbons (Fsp3) is 0.276. The maximum absolute atomic E-state index is 13.2. The summed E-state index contributed by atoms with van der Waals surface area (Å²) in [6.45, 7) is 2.28. The topological polar surface area (TPSA) is 125 Å². The number of aromatic nitrogens is 1. The number of thiazole rings is 1. The third-order valence-electron chi connectivity index (χ3n) is 6.78. The van der Waals surface area contributed by atoms with E-state index in [-0.39, 0.29) is 28.6 Å². The smallest absolute Gasteiger partial charge is 0.395 e. The number of hydrogen-bond acceptors (Lipinski definition) is 7. The Labute approximate surface area is 244 Å². The molecule has 8 nitrogen and oxygen atoms in total. The van der Waals surface area contributed by atoms with Gasteiger partial charge in [0, 0.05) is 10.9 Å². The van der Waals surface area contributed by atoms with Crippen LogP contribution in [0.1, 0.15) is 47.4 Å². The lowest BCUT2D eigenvalue weighted by Gasteiger charge is -2.30. The molecule has 1 unspecified atom stereocenters. The third kappa shape index (κ3) is 6.80. The van der Waals surface area contributed by atoms with E-state index in [1.165, 1.54) is 44.2 Å². The summed E-state index contributed by atoms with van der Waals surface area (Å²) < 4.78 is 64.5. The van der Waals surface area contributed by atoms with E-state index in [4.69, 9.17) is 0 Å². The van der Waals surface area contributed by atoms with E-state index >= 15 is 0 Å². The van der Waals surface area contributed by atoms with Gasteiger partial charge in [-0.05, 0) is 61.7 Å². The Morgan fingerprint density at radius 2 is 1.88 bits per heavy atom. The maximum Gasteiger partial charge on any atom is 0.416 e. The first kappa shape index (κ1) is 31.1. The summed E-state index contributed by atoms with van der Waals surface area (Å²) in [4.78, 5) is 29.5. The van der Waals surface area contributed by atoms with E-state index in [0.29, 0.717) is 16.8 Å². The molecule has 0 fully saturated rings. The molecular weight excluding hydrogens is 591 g/mol. The van der Waals surface area contributed by atoms with Gasteiger partial charge in [-0.25, -0.2) is 13.4 Å². The van der Waals surface area contributed by atoms with Crippen LogP contribution < -0.4 is 10.6 Å². The van der Waals surface area contributed by atoms with E-state index < -0.39 is 50.6 Å². The van der Waals surface area contributed by atoms with Crippen LogP contribution in [0.3, 0.4) is 0 Å². The van der Waals surface area contributed by atoms with Crippen LogP contribution >= 0.6 is 11.3 Å². The van der Waals surface area contributed by atoms with Crippen LogP contribution in [0.15, 0.2) is 77.0 Å². The lowest BCUT2D eigenvalue weighted by atomic mass is 9.75. The number of hydrogen-bond donors (Lipinski definition) is 3. The first-order valence-corrected chi connectivity index (χ1v) is 15.2. The number of aliphatic hydroxyl groups is 1. The Morgan fingerprint density at radius 3 is 2.57 bits per heavy atom. The van der Waals surface area contributed by atoms with E-state index in [2.05, 4.69) is 15.6 Å². The summed E-state index contributed by atoms with van der Waals surface area (Å²) in [5.74, 6) is -1.22.